The number of fused-ring (bicyclic) bond motifs is 2. The van der Waals surface area contributed by atoms with Crippen LogP contribution in [0.5, 0.6) is 0 Å². The average Bonchev–Trinajstić information content (AvgIpc) is 3.27. The minimum Gasteiger partial charge on any atom is -0.321 e. The van der Waals surface area contributed by atoms with E-state index in [0.29, 0.717) is 10.6 Å². The van der Waals surface area contributed by atoms with E-state index in [0.717, 1.165) is 38.2 Å². The van der Waals surface area contributed by atoms with E-state index in [1.54, 1.807) is 16.6 Å². The molecule has 2 aromatic heterocycles. The van der Waals surface area contributed by atoms with Crippen molar-refractivity contribution in [3.05, 3.63) is 69.8 Å². The zero-order valence-corrected chi connectivity index (χ0v) is 15.8. The lowest BCUT2D eigenvalue weighted by atomic mass is 10.0. The minimum atomic E-state index is -0.159. The Balaban J connectivity index is 1.76. The number of halogens is 1. The fourth-order valence-corrected chi connectivity index (χ4v) is 4.17. The van der Waals surface area contributed by atoms with Crippen molar-refractivity contribution in [2.75, 3.05) is 5.32 Å². The van der Waals surface area contributed by atoms with Crippen molar-refractivity contribution in [1.29, 1.82) is 0 Å². The van der Waals surface area contributed by atoms with E-state index >= 15 is 0 Å². The Morgan fingerprint density at radius 2 is 2.00 bits per heavy atom. The number of aryl methyl sites for hydroxylation is 1. The first-order valence-electron chi connectivity index (χ1n) is 8.35. The molecule has 0 spiro atoms. The number of aromatic nitrogens is 3. The number of carbonyl (C=O) groups is 1. The van der Waals surface area contributed by atoms with Gasteiger partial charge >= 0.3 is 0 Å². The van der Waals surface area contributed by atoms with E-state index in [9.17, 15) is 4.79 Å². The highest BCUT2D eigenvalue weighted by molar-refractivity contribution is 7.16. The maximum absolute atomic E-state index is 12.6. The molecule has 3 heterocycles. The van der Waals surface area contributed by atoms with Crippen molar-refractivity contribution in [3.8, 4) is 11.3 Å². The molecule has 1 aliphatic rings. The largest absolute Gasteiger partial charge is 0.321 e. The molecule has 0 fully saturated rings. The number of hydrogen-bond donors (Lipinski definition) is 1. The molecule has 1 aliphatic heterocycles. The summed E-state index contributed by atoms with van der Waals surface area (Å²) in [5, 5.41) is 8.95. The number of benzene rings is 2. The van der Waals surface area contributed by atoms with Crippen molar-refractivity contribution >= 4 is 51.1 Å². The minimum absolute atomic E-state index is 0.159. The van der Waals surface area contributed by atoms with Gasteiger partial charge in [0.1, 0.15) is 5.01 Å². The van der Waals surface area contributed by atoms with E-state index in [1.807, 2.05) is 49.4 Å². The van der Waals surface area contributed by atoms with Gasteiger partial charge in [0.05, 0.1) is 22.6 Å². The molecule has 1 N–H and O–H groups in total. The summed E-state index contributed by atoms with van der Waals surface area (Å²) in [6, 6.07) is 15.3. The van der Waals surface area contributed by atoms with Gasteiger partial charge in [0.2, 0.25) is 4.96 Å². The molecule has 27 heavy (non-hydrogen) atoms. The van der Waals surface area contributed by atoms with E-state index in [4.69, 9.17) is 16.6 Å². The molecule has 4 aromatic rings. The van der Waals surface area contributed by atoms with Gasteiger partial charge in [-0.1, -0.05) is 59.3 Å². The van der Waals surface area contributed by atoms with E-state index in [-0.39, 0.29) is 5.91 Å². The summed E-state index contributed by atoms with van der Waals surface area (Å²) in [5.74, 6) is -0.159. The maximum Gasteiger partial charge on any atom is 0.256 e. The van der Waals surface area contributed by atoms with Crippen molar-refractivity contribution in [2.24, 2.45) is 0 Å². The number of nitrogens with zero attached hydrogens (tertiary/aromatic N) is 3. The molecular formula is C20H13ClN4OS. The van der Waals surface area contributed by atoms with E-state index in [1.165, 1.54) is 11.3 Å². The SMILES string of the molecule is Cc1nn2c(/C=C3/C(=O)Nc4cc(Cl)ccc43)c(-c3ccccc3)nc2s1. The lowest BCUT2D eigenvalue weighted by molar-refractivity contribution is -0.110. The number of amides is 1. The number of carbonyl (C=O) groups excluding carboxylic acids is 1. The van der Waals surface area contributed by atoms with Gasteiger partial charge in [-0.25, -0.2) is 9.50 Å². The van der Waals surface area contributed by atoms with Gasteiger partial charge in [0.15, 0.2) is 0 Å². The summed E-state index contributed by atoms with van der Waals surface area (Å²) in [6.45, 7) is 1.94. The molecular weight excluding hydrogens is 380 g/mol. The summed E-state index contributed by atoms with van der Waals surface area (Å²) in [4.78, 5) is 18.1. The topological polar surface area (TPSA) is 59.3 Å². The third-order valence-corrected chi connectivity index (χ3v) is 5.49. The van der Waals surface area contributed by atoms with Crippen LogP contribution in [0.1, 0.15) is 16.3 Å². The molecule has 5 rings (SSSR count). The van der Waals surface area contributed by atoms with Gasteiger partial charge in [0, 0.05) is 16.1 Å². The second-order valence-corrected chi connectivity index (χ2v) is 7.83. The van der Waals surface area contributed by atoms with E-state index in [2.05, 4.69) is 10.4 Å². The zero-order chi connectivity index (χ0) is 18.5. The summed E-state index contributed by atoms with van der Waals surface area (Å²) in [6.07, 6.45) is 1.86. The third-order valence-electron chi connectivity index (χ3n) is 4.43. The Bertz CT molecular complexity index is 1240. The van der Waals surface area contributed by atoms with Gasteiger partial charge in [-0.15, -0.1) is 0 Å². The molecule has 0 unspecified atom stereocenters. The van der Waals surface area contributed by atoms with Crippen LogP contribution >= 0.6 is 22.9 Å². The standard InChI is InChI=1S/C20H13ClN4OS/c1-11-24-25-17(18(23-20(25)27-11)12-5-3-2-4-6-12)10-15-14-8-7-13(21)9-16(14)22-19(15)26/h2-10H,1H3,(H,22,26)/b15-10+. The number of anilines is 1. The lowest BCUT2D eigenvalue weighted by Gasteiger charge is -2.02. The summed E-state index contributed by atoms with van der Waals surface area (Å²) in [5.41, 5.74) is 4.69. The van der Waals surface area contributed by atoms with Gasteiger partial charge < -0.3 is 5.32 Å². The molecule has 0 aliphatic carbocycles. The molecule has 2 aromatic carbocycles. The van der Waals surface area contributed by atoms with Gasteiger partial charge in [-0.05, 0) is 25.1 Å². The molecule has 0 radical (unpaired) electrons. The van der Waals surface area contributed by atoms with Crippen molar-refractivity contribution in [2.45, 2.75) is 6.92 Å². The first kappa shape index (κ1) is 16.2. The lowest BCUT2D eigenvalue weighted by Crippen LogP contribution is -2.04. The molecule has 0 saturated heterocycles. The number of rotatable bonds is 2. The predicted octanol–water partition coefficient (Wildman–Crippen LogP) is 4.91. The molecule has 0 atom stereocenters. The number of imidazole rings is 1. The quantitative estimate of drug-likeness (QED) is 0.493. The molecule has 0 bridgehead atoms. The predicted molar refractivity (Wildman–Crippen MR) is 109 cm³/mol. The van der Waals surface area contributed by atoms with Gasteiger partial charge in [0.25, 0.3) is 5.91 Å². The Labute approximate surface area is 163 Å². The molecule has 7 heteroatoms. The highest BCUT2D eigenvalue weighted by Gasteiger charge is 2.26. The van der Waals surface area contributed by atoms with Crippen LogP contribution in [0.15, 0.2) is 48.5 Å². The fraction of sp³-hybridized carbons (Fsp3) is 0.0500. The smallest absolute Gasteiger partial charge is 0.256 e. The van der Waals surface area contributed by atoms with Crippen molar-refractivity contribution in [3.63, 3.8) is 0 Å². The van der Waals surface area contributed by atoms with Gasteiger partial charge in [-0.3, -0.25) is 4.79 Å². The zero-order valence-electron chi connectivity index (χ0n) is 14.2. The van der Waals surface area contributed by atoms with Crippen LogP contribution in [0.4, 0.5) is 5.69 Å². The third kappa shape index (κ3) is 2.65. The van der Waals surface area contributed by atoms with Crippen LogP contribution in [0, 0.1) is 6.92 Å². The molecule has 5 nitrogen and oxygen atoms in total. The average molecular weight is 393 g/mol. The first-order chi connectivity index (χ1) is 13.1. The summed E-state index contributed by atoms with van der Waals surface area (Å²) in [7, 11) is 0. The summed E-state index contributed by atoms with van der Waals surface area (Å²) >= 11 is 7.58. The Kier molecular flexibility index (Phi) is 3.63. The highest BCUT2D eigenvalue weighted by Crippen LogP contribution is 2.37. The highest BCUT2D eigenvalue weighted by atomic mass is 35.5. The van der Waals surface area contributed by atoms with Crippen LogP contribution in [-0.2, 0) is 4.79 Å². The van der Waals surface area contributed by atoms with Crippen LogP contribution in [0.3, 0.4) is 0 Å². The molecule has 0 saturated carbocycles. The Morgan fingerprint density at radius 1 is 1.19 bits per heavy atom. The molecule has 1 amide bonds. The van der Waals surface area contributed by atoms with Crippen LogP contribution in [-0.4, -0.2) is 20.5 Å². The first-order valence-corrected chi connectivity index (χ1v) is 9.54. The van der Waals surface area contributed by atoms with Crippen molar-refractivity contribution < 1.29 is 4.79 Å². The fourth-order valence-electron chi connectivity index (χ4n) is 3.24. The molecule has 132 valence electrons. The maximum atomic E-state index is 12.6. The number of hydrogen-bond acceptors (Lipinski definition) is 4. The van der Waals surface area contributed by atoms with Crippen molar-refractivity contribution in [1.82, 2.24) is 14.6 Å². The van der Waals surface area contributed by atoms with Crippen LogP contribution in [0.2, 0.25) is 5.02 Å². The Hall–Kier alpha value is -2.96. The summed E-state index contributed by atoms with van der Waals surface area (Å²) < 4.78 is 1.80. The van der Waals surface area contributed by atoms with E-state index < -0.39 is 0 Å². The monoisotopic (exact) mass is 392 g/mol. The normalized spacial score (nSPS) is 14.7. The second-order valence-electron chi connectivity index (χ2n) is 6.23. The Morgan fingerprint density at radius 3 is 2.81 bits per heavy atom. The van der Waals surface area contributed by atoms with Crippen LogP contribution in [0.25, 0.3) is 27.9 Å². The number of nitrogens with one attached hydrogen (secondary N) is 1. The second kappa shape index (κ2) is 6.04. The van der Waals surface area contributed by atoms with Gasteiger partial charge in [-0.2, -0.15) is 5.10 Å². The van der Waals surface area contributed by atoms with Crippen LogP contribution < -0.4 is 5.32 Å².